The van der Waals surface area contributed by atoms with Gasteiger partial charge in [-0.25, -0.2) is 0 Å². The summed E-state index contributed by atoms with van der Waals surface area (Å²) in [7, 11) is 0. The maximum absolute atomic E-state index is 11.8. The molecule has 1 fully saturated rings. The van der Waals surface area contributed by atoms with Crippen LogP contribution in [0.25, 0.3) is 0 Å². The van der Waals surface area contributed by atoms with Gasteiger partial charge in [0.05, 0.1) is 0 Å². The molecule has 0 spiro atoms. The average molecular weight is 282 g/mol. The van der Waals surface area contributed by atoms with Crippen LogP contribution in [0.1, 0.15) is 97.3 Å². The minimum Gasteiger partial charge on any atom is -0.462 e. The molecular weight excluding hydrogens is 248 g/mol. The van der Waals surface area contributed by atoms with Gasteiger partial charge in [-0.3, -0.25) is 4.79 Å². The topological polar surface area (TPSA) is 26.3 Å². The first-order valence-electron chi connectivity index (χ1n) is 8.93. The van der Waals surface area contributed by atoms with Gasteiger partial charge in [0.25, 0.3) is 0 Å². The van der Waals surface area contributed by atoms with Crippen LogP contribution in [0.3, 0.4) is 0 Å². The third kappa shape index (κ3) is 7.91. The second-order valence-electron chi connectivity index (χ2n) is 6.46. The SMILES string of the molecule is CCCCCCCCCCC(=O)OC(C)C1CCCC1. The minimum atomic E-state index is 0.0235. The molecule has 0 bridgehead atoms. The summed E-state index contributed by atoms with van der Waals surface area (Å²) in [6.45, 7) is 4.32. The molecule has 118 valence electrons. The molecule has 0 heterocycles. The molecule has 0 radical (unpaired) electrons. The van der Waals surface area contributed by atoms with Crippen molar-refractivity contribution >= 4 is 5.97 Å². The van der Waals surface area contributed by atoms with E-state index in [0.717, 1.165) is 6.42 Å². The van der Waals surface area contributed by atoms with Gasteiger partial charge in [0.2, 0.25) is 0 Å². The Balaban J connectivity index is 1.92. The van der Waals surface area contributed by atoms with Gasteiger partial charge in [-0.05, 0) is 32.1 Å². The van der Waals surface area contributed by atoms with Crippen molar-refractivity contribution < 1.29 is 9.53 Å². The highest BCUT2D eigenvalue weighted by Gasteiger charge is 2.24. The Labute approximate surface area is 125 Å². The van der Waals surface area contributed by atoms with Crippen LogP contribution in [0, 0.1) is 5.92 Å². The molecule has 2 nitrogen and oxygen atoms in total. The van der Waals surface area contributed by atoms with E-state index in [4.69, 9.17) is 4.74 Å². The molecule has 1 aliphatic carbocycles. The third-order valence-corrected chi connectivity index (χ3v) is 4.62. The number of carbonyl (C=O) groups excluding carboxylic acids is 1. The monoisotopic (exact) mass is 282 g/mol. The second kappa shape index (κ2) is 11.2. The Kier molecular flexibility index (Phi) is 9.78. The quantitative estimate of drug-likeness (QED) is 0.362. The first-order valence-corrected chi connectivity index (χ1v) is 8.93. The number of hydrogen-bond acceptors (Lipinski definition) is 2. The van der Waals surface area contributed by atoms with Crippen LogP contribution in [0.5, 0.6) is 0 Å². The Morgan fingerprint density at radius 2 is 1.55 bits per heavy atom. The van der Waals surface area contributed by atoms with Crippen molar-refractivity contribution in [3.63, 3.8) is 0 Å². The fourth-order valence-corrected chi connectivity index (χ4v) is 3.19. The fourth-order valence-electron chi connectivity index (χ4n) is 3.19. The zero-order valence-corrected chi connectivity index (χ0v) is 13.7. The van der Waals surface area contributed by atoms with Crippen molar-refractivity contribution in [1.29, 1.82) is 0 Å². The van der Waals surface area contributed by atoms with Crippen LogP contribution in [0.4, 0.5) is 0 Å². The van der Waals surface area contributed by atoms with Gasteiger partial charge in [-0.15, -0.1) is 0 Å². The maximum Gasteiger partial charge on any atom is 0.306 e. The summed E-state index contributed by atoms with van der Waals surface area (Å²) < 4.78 is 5.55. The summed E-state index contributed by atoms with van der Waals surface area (Å²) in [6.07, 6.45) is 16.1. The molecule has 0 aromatic carbocycles. The summed E-state index contributed by atoms with van der Waals surface area (Å²) in [6, 6.07) is 0. The summed E-state index contributed by atoms with van der Waals surface area (Å²) >= 11 is 0. The first-order chi connectivity index (χ1) is 9.74. The summed E-state index contributed by atoms with van der Waals surface area (Å²) in [5, 5.41) is 0. The Morgan fingerprint density at radius 3 is 2.15 bits per heavy atom. The average Bonchev–Trinajstić information content (AvgIpc) is 2.96. The van der Waals surface area contributed by atoms with Gasteiger partial charge >= 0.3 is 5.97 Å². The smallest absolute Gasteiger partial charge is 0.306 e. The highest BCUT2D eigenvalue weighted by Crippen LogP contribution is 2.29. The van der Waals surface area contributed by atoms with Crippen LogP contribution >= 0.6 is 0 Å². The molecule has 0 aliphatic heterocycles. The standard InChI is InChI=1S/C18H34O2/c1-3-4-5-6-7-8-9-10-15-18(19)20-16(2)17-13-11-12-14-17/h16-17H,3-15H2,1-2H3. The van der Waals surface area contributed by atoms with E-state index in [1.54, 1.807) is 0 Å². The molecule has 0 saturated heterocycles. The van der Waals surface area contributed by atoms with Gasteiger partial charge in [0.1, 0.15) is 6.10 Å². The molecule has 0 aromatic heterocycles. The number of hydrogen-bond donors (Lipinski definition) is 0. The Bertz CT molecular complexity index is 244. The van der Waals surface area contributed by atoms with E-state index in [0.29, 0.717) is 12.3 Å². The van der Waals surface area contributed by atoms with Gasteiger partial charge in [-0.1, -0.05) is 64.7 Å². The molecule has 20 heavy (non-hydrogen) atoms. The normalized spacial score (nSPS) is 17.3. The maximum atomic E-state index is 11.8. The third-order valence-electron chi connectivity index (χ3n) is 4.62. The number of ether oxygens (including phenoxy) is 1. The molecule has 1 unspecified atom stereocenters. The molecule has 0 aromatic rings. The Hall–Kier alpha value is -0.530. The van der Waals surface area contributed by atoms with Crippen molar-refractivity contribution in [2.24, 2.45) is 5.92 Å². The fraction of sp³-hybridized carbons (Fsp3) is 0.944. The summed E-state index contributed by atoms with van der Waals surface area (Å²) in [4.78, 5) is 11.8. The predicted octanol–water partition coefficient (Wildman–Crippen LogP) is 5.64. The lowest BCUT2D eigenvalue weighted by molar-refractivity contribution is -0.150. The molecule has 1 rings (SSSR count). The van der Waals surface area contributed by atoms with Crippen molar-refractivity contribution in [2.45, 2.75) is 103 Å². The van der Waals surface area contributed by atoms with Crippen molar-refractivity contribution in [2.75, 3.05) is 0 Å². The number of unbranched alkanes of at least 4 members (excludes halogenated alkanes) is 7. The van der Waals surface area contributed by atoms with Gasteiger partial charge in [-0.2, -0.15) is 0 Å². The number of esters is 1. The molecule has 1 aliphatic rings. The summed E-state index contributed by atoms with van der Waals surface area (Å²) in [5.74, 6) is 0.646. The van der Waals surface area contributed by atoms with E-state index in [9.17, 15) is 4.79 Å². The van der Waals surface area contributed by atoms with E-state index in [2.05, 4.69) is 13.8 Å². The lowest BCUT2D eigenvalue weighted by Crippen LogP contribution is -2.22. The molecule has 0 amide bonds. The zero-order chi connectivity index (χ0) is 14.6. The number of rotatable bonds is 11. The largest absolute Gasteiger partial charge is 0.462 e. The highest BCUT2D eigenvalue weighted by molar-refractivity contribution is 5.69. The number of carbonyl (C=O) groups is 1. The van der Waals surface area contributed by atoms with Gasteiger partial charge in [0, 0.05) is 6.42 Å². The van der Waals surface area contributed by atoms with Crippen molar-refractivity contribution in [3.8, 4) is 0 Å². The van der Waals surface area contributed by atoms with Gasteiger partial charge < -0.3 is 4.74 Å². The van der Waals surface area contributed by atoms with E-state index in [-0.39, 0.29) is 12.1 Å². The van der Waals surface area contributed by atoms with E-state index >= 15 is 0 Å². The van der Waals surface area contributed by atoms with Crippen molar-refractivity contribution in [1.82, 2.24) is 0 Å². The van der Waals surface area contributed by atoms with Crippen LogP contribution in [0.15, 0.2) is 0 Å². The minimum absolute atomic E-state index is 0.0235. The van der Waals surface area contributed by atoms with E-state index in [1.807, 2.05) is 0 Å². The zero-order valence-electron chi connectivity index (χ0n) is 13.7. The highest BCUT2D eigenvalue weighted by atomic mass is 16.5. The van der Waals surface area contributed by atoms with Crippen LogP contribution in [-0.4, -0.2) is 12.1 Å². The second-order valence-corrected chi connectivity index (χ2v) is 6.46. The van der Waals surface area contributed by atoms with E-state index < -0.39 is 0 Å². The van der Waals surface area contributed by atoms with Crippen LogP contribution in [0.2, 0.25) is 0 Å². The first kappa shape index (κ1) is 17.5. The molecule has 0 N–H and O–H groups in total. The lowest BCUT2D eigenvalue weighted by Gasteiger charge is -2.19. The molecule has 2 heteroatoms. The molecular formula is C18H34O2. The van der Waals surface area contributed by atoms with Crippen LogP contribution in [-0.2, 0) is 9.53 Å². The molecule has 1 atom stereocenters. The Morgan fingerprint density at radius 1 is 1.00 bits per heavy atom. The lowest BCUT2D eigenvalue weighted by atomic mass is 10.0. The van der Waals surface area contributed by atoms with Crippen molar-refractivity contribution in [3.05, 3.63) is 0 Å². The predicted molar refractivity (Wildman–Crippen MR) is 84.7 cm³/mol. The summed E-state index contributed by atoms with van der Waals surface area (Å²) in [5.41, 5.74) is 0. The van der Waals surface area contributed by atoms with E-state index in [1.165, 1.54) is 70.6 Å². The van der Waals surface area contributed by atoms with Gasteiger partial charge in [0.15, 0.2) is 0 Å². The molecule has 1 saturated carbocycles. The van der Waals surface area contributed by atoms with Crippen LogP contribution < -0.4 is 0 Å².